The van der Waals surface area contributed by atoms with Crippen molar-refractivity contribution < 1.29 is 4.42 Å². The minimum Gasteiger partial charge on any atom is -0.468 e. The summed E-state index contributed by atoms with van der Waals surface area (Å²) >= 11 is 6.07. The molecular weight excluding hydrogens is 258 g/mol. The fraction of sp³-hybridized carbons (Fsp3) is 0.375. The van der Waals surface area contributed by atoms with Crippen LogP contribution in [0.1, 0.15) is 50.1 Å². The van der Waals surface area contributed by atoms with Crippen LogP contribution in [0.25, 0.3) is 0 Å². The van der Waals surface area contributed by atoms with Gasteiger partial charge in [0, 0.05) is 11.1 Å². The highest BCUT2D eigenvalue weighted by Crippen LogP contribution is 2.26. The van der Waals surface area contributed by atoms with Crippen LogP contribution in [0.15, 0.2) is 47.1 Å². The van der Waals surface area contributed by atoms with Gasteiger partial charge in [-0.15, -0.1) is 0 Å². The van der Waals surface area contributed by atoms with Crippen LogP contribution in [0.2, 0.25) is 5.02 Å². The summed E-state index contributed by atoms with van der Waals surface area (Å²) in [5, 5.41) is 4.43. The topological polar surface area (TPSA) is 25.2 Å². The average Bonchev–Trinajstić information content (AvgIpc) is 2.94. The van der Waals surface area contributed by atoms with Crippen molar-refractivity contribution >= 4 is 11.6 Å². The standard InChI is InChI=1S/C16H20ClNO/c1-3-14(12-7-5-8-13(17)11-12)18-15(4-2)16-9-6-10-19-16/h5-11,14-15,18H,3-4H2,1-2H3. The van der Waals surface area contributed by atoms with Crippen molar-refractivity contribution in [1.82, 2.24) is 5.32 Å². The Morgan fingerprint density at radius 1 is 1.11 bits per heavy atom. The predicted molar refractivity (Wildman–Crippen MR) is 79.4 cm³/mol. The molecule has 19 heavy (non-hydrogen) atoms. The van der Waals surface area contributed by atoms with E-state index in [0.717, 1.165) is 23.6 Å². The molecule has 0 radical (unpaired) electrons. The Morgan fingerprint density at radius 3 is 2.47 bits per heavy atom. The molecule has 0 saturated heterocycles. The lowest BCUT2D eigenvalue weighted by atomic mass is 10.0. The van der Waals surface area contributed by atoms with Gasteiger partial charge in [0.05, 0.1) is 12.3 Å². The van der Waals surface area contributed by atoms with Crippen LogP contribution in [0.3, 0.4) is 0 Å². The smallest absolute Gasteiger partial charge is 0.120 e. The minimum absolute atomic E-state index is 0.235. The first-order chi connectivity index (χ1) is 9.24. The molecular formula is C16H20ClNO. The summed E-state index contributed by atoms with van der Waals surface area (Å²) in [6.45, 7) is 4.33. The molecule has 0 aliphatic carbocycles. The molecule has 3 heteroatoms. The fourth-order valence-corrected chi connectivity index (χ4v) is 2.51. The van der Waals surface area contributed by atoms with Gasteiger partial charge in [-0.3, -0.25) is 0 Å². The normalized spacial score (nSPS) is 14.3. The van der Waals surface area contributed by atoms with E-state index in [2.05, 4.69) is 25.2 Å². The Hall–Kier alpha value is -1.25. The van der Waals surface area contributed by atoms with Crippen molar-refractivity contribution in [2.75, 3.05) is 0 Å². The monoisotopic (exact) mass is 277 g/mol. The Morgan fingerprint density at radius 2 is 1.89 bits per heavy atom. The fourth-order valence-electron chi connectivity index (χ4n) is 2.31. The maximum atomic E-state index is 6.07. The van der Waals surface area contributed by atoms with Gasteiger partial charge in [-0.1, -0.05) is 37.6 Å². The third kappa shape index (κ3) is 3.62. The second kappa shape index (κ2) is 6.78. The van der Waals surface area contributed by atoms with Gasteiger partial charge in [0.1, 0.15) is 5.76 Å². The number of furan rings is 1. The van der Waals surface area contributed by atoms with Gasteiger partial charge in [-0.05, 0) is 42.7 Å². The van der Waals surface area contributed by atoms with E-state index in [9.17, 15) is 0 Å². The van der Waals surface area contributed by atoms with Crippen LogP contribution in [0.4, 0.5) is 0 Å². The first kappa shape index (κ1) is 14.2. The second-order valence-electron chi connectivity index (χ2n) is 4.66. The van der Waals surface area contributed by atoms with Crippen LogP contribution < -0.4 is 5.32 Å². The van der Waals surface area contributed by atoms with Gasteiger partial charge in [0.25, 0.3) is 0 Å². The molecule has 2 nitrogen and oxygen atoms in total. The molecule has 0 aliphatic rings. The lowest BCUT2D eigenvalue weighted by Gasteiger charge is -2.23. The summed E-state index contributed by atoms with van der Waals surface area (Å²) in [4.78, 5) is 0. The molecule has 0 spiro atoms. The Labute approximate surface area is 119 Å². The van der Waals surface area contributed by atoms with Crippen LogP contribution in [0, 0.1) is 0 Å². The Bertz CT molecular complexity index is 495. The second-order valence-corrected chi connectivity index (χ2v) is 5.10. The minimum atomic E-state index is 0.235. The van der Waals surface area contributed by atoms with Gasteiger partial charge in [0.15, 0.2) is 0 Å². The van der Waals surface area contributed by atoms with Crippen LogP contribution in [0.5, 0.6) is 0 Å². The number of nitrogens with one attached hydrogen (secondary N) is 1. The first-order valence-electron chi connectivity index (χ1n) is 6.79. The average molecular weight is 278 g/mol. The molecule has 0 fully saturated rings. The predicted octanol–water partition coefficient (Wildman–Crippen LogP) is 5.13. The SMILES string of the molecule is CCC(NC(CC)c1ccco1)c1cccc(Cl)c1. The van der Waals surface area contributed by atoms with Crippen molar-refractivity contribution in [1.29, 1.82) is 0 Å². The summed E-state index contributed by atoms with van der Waals surface area (Å²) in [5.74, 6) is 0.989. The molecule has 1 aromatic carbocycles. The van der Waals surface area contributed by atoms with Crippen molar-refractivity contribution in [2.24, 2.45) is 0 Å². The van der Waals surface area contributed by atoms with Crippen LogP contribution >= 0.6 is 11.6 Å². The third-order valence-electron chi connectivity index (χ3n) is 3.36. The van der Waals surface area contributed by atoms with Crippen LogP contribution in [-0.2, 0) is 0 Å². The molecule has 0 aliphatic heterocycles. The van der Waals surface area contributed by atoms with Crippen molar-refractivity contribution in [3.8, 4) is 0 Å². The summed E-state index contributed by atoms with van der Waals surface area (Å²) in [7, 11) is 0. The molecule has 2 rings (SSSR count). The first-order valence-corrected chi connectivity index (χ1v) is 7.17. The Balaban J connectivity index is 2.14. The molecule has 2 atom stereocenters. The lowest BCUT2D eigenvalue weighted by Crippen LogP contribution is -2.25. The zero-order valence-corrected chi connectivity index (χ0v) is 12.2. The number of benzene rings is 1. The molecule has 2 unspecified atom stereocenters. The highest BCUT2D eigenvalue weighted by atomic mass is 35.5. The van der Waals surface area contributed by atoms with E-state index in [4.69, 9.17) is 16.0 Å². The highest BCUT2D eigenvalue weighted by Gasteiger charge is 2.17. The maximum absolute atomic E-state index is 6.07. The maximum Gasteiger partial charge on any atom is 0.120 e. The summed E-state index contributed by atoms with van der Waals surface area (Å²) in [6, 6.07) is 12.5. The van der Waals surface area contributed by atoms with E-state index in [1.165, 1.54) is 5.56 Å². The molecule has 0 bridgehead atoms. The molecule has 0 saturated carbocycles. The number of halogens is 1. The van der Waals surface area contributed by atoms with Gasteiger partial charge >= 0.3 is 0 Å². The van der Waals surface area contributed by atoms with Gasteiger partial charge in [-0.25, -0.2) is 0 Å². The lowest BCUT2D eigenvalue weighted by molar-refractivity contribution is 0.362. The molecule has 1 N–H and O–H groups in total. The van der Waals surface area contributed by atoms with Crippen molar-refractivity contribution in [3.05, 3.63) is 59.0 Å². The van der Waals surface area contributed by atoms with Gasteiger partial charge < -0.3 is 9.73 Å². The molecule has 102 valence electrons. The van der Waals surface area contributed by atoms with Crippen LogP contribution in [-0.4, -0.2) is 0 Å². The number of rotatable bonds is 6. The van der Waals surface area contributed by atoms with E-state index >= 15 is 0 Å². The molecule has 1 aromatic heterocycles. The quantitative estimate of drug-likeness (QED) is 0.792. The summed E-state index contributed by atoms with van der Waals surface area (Å²) in [5.41, 5.74) is 1.22. The van der Waals surface area contributed by atoms with E-state index in [-0.39, 0.29) is 12.1 Å². The summed E-state index contributed by atoms with van der Waals surface area (Å²) < 4.78 is 5.50. The largest absolute Gasteiger partial charge is 0.468 e. The summed E-state index contributed by atoms with van der Waals surface area (Å²) in [6.07, 6.45) is 3.72. The number of hydrogen-bond acceptors (Lipinski definition) is 2. The third-order valence-corrected chi connectivity index (χ3v) is 3.59. The van der Waals surface area contributed by atoms with E-state index in [0.29, 0.717) is 0 Å². The highest BCUT2D eigenvalue weighted by molar-refractivity contribution is 6.30. The number of hydrogen-bond donors (Lipinski definition) is 1. The van der Waals surface area contributed by atoms with Gasteiger partial charge in [0.2, 0.25) is 0 Å². The van der Waals surface area contributed by atoms with Crippen molar-refractivity contribution in [3.63, 3.8) is 0 Å². The zero-order valence-electron chi connectivity index (χ0n) is 11.4. The van der Waals surface area contributed by atoms with Gasteiger partial charge in [-0.2, -0.15) is 0 Å². The van der Waals surface area contributed by atoms with E-state index < -0.39 is 0 Å². The van der Waals surface area contributed by atoms with E-state index in [1.54, 1.807) is 6.26 Å². The molecule has 0 amide bonds. The van der Waals surface area contributed by atoms with Crippen molar-refractivity contribution in [2.45, 2.75) is 38.8 Å². The molecule has 2 aromatic rings. The molecule has 1 heterocycles. The zero-order chi connectivity index (χ0) is 13.7. The Kier molecular flexibility index (Phi) is 5.06. The van der Waals surface area contributed by atoms with E-state index in [1.807, 2.05) is 30.3 Å².